The quantitative estimate of drug-likeness (QED) is 0.439. The lowest BCUT2D eigenvalue weighted by Gasteiger charge is -2.36. The Morgan fingerprint density at radius 2 is 1.80 bits per heavy atom. The minimum absolute atomic E-state index is 0. The van der Waals surface area contributed by atoms with Crippen LogP contribution >= 0.6 is 12.4 Å². The molecule has 2 fully saturated rings. The molecule has 35 heavy (non-hydrogen) atoms. The summed E-state index contributed by atoms with van der Waals surface area (Å²) in [5, 5.41) is 0.846. The summed E-state index contributed by atoms with van der Waals surface area (Å²) in [6, 6.07) is 7.35. The first-order valence-corrected chi connectivity index (χ1v) is 13.9. The first kappa shape index (κ1) is 25.9. The second kappa shape index (κ2) is 11.3. The standard InChI is InChI=1S/C24H33N5O4S.ClH/c30-24-26-22-16-19-15-20(7-8-21(19)25-23(22)27-24)33-13-4-14-34(31,32)29-11-9-28(10-12-29)17-18-5-2-1-3-6-18;/h7-8,15-16,18H,1-6,9-14,17H2,(H2,25,26,27,30);1H. The lowest BCUT2D eigenvalue weighted by atomic mass is 9.89. The maximum absolute atomic E-state index is 12.8. The molecule has 0 amide bonds. The zero-order valence-corrected chi connectivity index (χ0v) is 21.5. The number of H-pyrrole nitrogens is 2. The Labute approximate surface area is 211 Å². The Hall–Kier alpha value is -2.14. The van der Waals surface area contributed by atoms with Crippen LogP contribution in [0.3, 0.4) is 0 Å². The molecule has 0 unspecified atom stereocenters. The van der Waals surface area contributed by atoms with Crippen LogP contribution in [0.4, 0.5) is 0 Å². The third-order valence-corrected chi connectivity index (χ3v) is 9.00. The molecule has 0 radical (unpaired) electrons. The molecule has 9 nitrogen and oxygen atoms in total. The number of aromatic amines is 2. The molecule has 2 N–H and O–H groups in total. The molecule has 1 saturated carbocycles. The summed E-state index contributed by atoms with van der Waals surface area (Å²) in [5.41, 5.74) is 1.62. The normalized spacial score (nSPS) is 18.6. The molecule has 5 rings (SSSR count). The lowest BCUT2D eigenvalue weighted by molar-refractivity contribution is 0.149. The molecule has 3 heterocycles. The van der Waals surface area contributed by atoms with Crippen LogP contribution in [0.25, 0.3) is 22.1 Å². The van der Waals surface area contributed by atoms with Gasteiger partial charge < -0.3 is 14.6 Å². The van der Waals surface area contributed by atoms with Crippen molar-refractivity contribution < 1.29 is 13.2 Å². The van der Waals surface area contributed by atoms with E-state index in [-0.39, 0.29) is 23.8 Å². The van der Waals surface area contributed by atoms with E-state index < -0.39 is 10.0 Å². The van der Waals surface area contributed by atoms with E-state index in [4.69, 9.17) is 4.74 Å². The van der Waals surface area contributed by atoms with Gasteiger partial charge in [0.25, 0.3) is 0 Å². The molecule has 11 heteroatoms. The van der Waals surface area contributed by atoms with Crippen molar-refractivity contribution in [1.82, 2.24) is 24.2 Å². The molecule has 3 aromatic rings. The highest BCUT2D eigenvalue weighted by molar-refractivity contribution is 7.89. The number of aromatic nitrogens is 3. The number of piperazine rings is 1. The molecule has 2 aromatic heterocycles. The topological polar surface area (TPSA) is 111 Å². The van der Waals surface area contributed by atoms with Gasteiger partial charge in [0.2, 0.25) is 10.0 Å². The number of fused-ring (bicyclic) bond motifs is 2. The summed E-state index contributed by atoms with van der Waals surface area (Å²) in [6.45, 7) is 4.28. The van der Waals surface area contributed by atoms with E-state index in [1.165, 1.54) is 32.1 Å². The molecule has 1 saturated heterocycles. The monoisotopic (exact) mass is 523 g/mol. The average molecular weight is 524 g/mol. The number of hydrogen-bond acceptors (Lipinski definition) is 6. The smallest absolute Gasteiger partial charge is 0.325 e. The summed E-state index contributed by atoms with van der Waals surface area (Å²) in [7, 11) is -3.27. The Bertz CT molecular complexity index is 1290. The number of nitrogens with zero attached hydrogens (tertiary/aromatic N) is 3. The molecule has 192 valence electrons. The van der Waals surface area contributed by atoms with Crippen molar-refractivity contribution in [3.63, 3.8) is 0 Å². The predicted octanol–water partition coefficient (Wildman–Crippen LogP) is 3.12. The Morgan fingerprint density at radius 1 is 1.03 bits per heavy atom. The highest BCUT2D eigenvalue weighted by atomic mass is 35.5. The van der Waals surface area contributed by atoms with Gasteiger partial charge in [-0.2, -0.15) is 4.31 Å². The van der Waals surface area contributed by atoms with Gasteiger partial charge in [-0.05, 0) is 49.4 Å². The molecule has 1 aliphatic carbocycles. The first-order valence-electron chi connectivity index (χ1n) is 12.3. The van der Waals surface area contributed by atoms with E-state index in [2.05, 4.69) is 19.9 Å². The number of hydrogen-bond donors (Lipinski definition) is 2. The summed E-state index contributed by atoms with van der Waals surface area (Å²) in [6.07, 6.45) is 7.13. The number of rotatable bonds is 8. The summed E-state index contributed by atoms with van der Waals surface area (Å²) in [5.74, 6) is 1.53. The van der Waals surface area contributed by atoms with Gasteiger partial charge in [0.15, 0.2) is 5.65 Å². The van der Waals surface area contributed by atoms with Gasteiger partial charge in [-0.1, -0.05) is 19.3 Å². The van der Waals surface area contributed by atoms with Crippen molar-refractivity contribution in [3.8, 4) is 5.75 Å². The molecule has 1 aliphatic heterocycles. The van der Waals surface area contributed by atoms with Crippen molar-refractivity contribution >= 4 is 44.5 Å². The van der Waals surface area contributed by atoms with E-state index >= 15 is 0 Å². The summed E-state index contributed by atoms with van der Waals surface area (Å²) >= 11 is 0. The van der Waals surface area contributed by atoms with Crippen molar-refractivity contribution in [2.45, 2.75) is 38.5 Å². The fraction of sp³-hybridized carbons (Fsp3) is 0.583. The van der Waals surface area contributed by atoms with Gasteiger partial charge in [0.05, 0.1) is 23.4 Å². The van der Waals surface area contributed by atoms with E-state index in [1.807, 2.05) is 24.3 Å². The average Bonchev–Trinajstić information content (AvgIpc) is 3.20. The van der Waals surface area contributed by atoms with Gasteiger partial charge in [0, 0.05) is 38.1 Å². The maximum Gasteiger partial charge on any atom is 0.325 e. The molecular weight excluding hydrogens is 490 g/mol. The maximum atomic E-state index is 12.8. The second-order valence-electron chi connectivity index (χ2n) is 9.54. The van der Waals surface area contributed by atoms with Gasteiger partial charge in [-0.3, -0.25) is 4.98 Å². The highest BCUT2D eigenvalue weighted by Gasteiger charge is 2.28. The van der Waals surface area contributed by atoms with Crippen LogP contribution < -0.4 is 10.4 Å². The van der Waals surface area contributed by atoms with Crippen LogP contribution in [0.5, 0.6) is 5.75 Å². The zero-order valence-electron chi connectivity index (χ0n) is 19.9. The van der Waals surface area contributed by atoms with Crippen LogP contribution in [0.1, 0.15) is 38.5 Å². The molecule has 0 spiro atoms. The Balaban J connectivity index is 0.00000289. The van der Waals surface area contributed by atoms with Gasteiger partial charge in [-0.15, -0.1) is 12.4 Å². The fourth-order valence-corrected chi connectivity index (χ4v) is 6.64. The number of benzene rings is 1. The fourth-order valence-electron chi connectivity index (χ4n) is 5.18. The lowest BCUT2D eigenvalue weighted by Crippen LogP contribution is -2.50. The largest absolute Gasteiger partial charge is 0.494 e. The number of pyridine rings is 1. The third-order valence-electron chi connectivity index (χ3n) is 7.05. The summed E-state index contributed by atoms with van der Waals surface area (Å²) < 4.78 is 33.1. The third kappa shape index (κ3) is 6.35. The summed E-state index contributed by atoms with van der Waals surface area (Å²) in [4.78, 5) is 23.7. The Morgan fingerprint density at radius 3 is 2.57 bits per heavy atom. The number of ether oxygens (including phenoxy) is 1. The zero-order chi connectivity index (χ0) is 23.5. The van der Waals surface area contributed by atoms with Crippen molar-refractivity contribution in [2.24, 2.45) is 5.92 Å². The minimum Gasteiger partial charge on any atom is -0.494 e. The van der Waals surface area contributed by atoms with E-state index in [9.17, 15) is 13.2 Å². The molecule has 0 atom stereocenters. The van der Waals surface area contributed by atoms with Crippen LogP contribution in [0.15, 0.2) is 29.1 Å². The highest BCUT2D eigenvalue weighted by Crippen LogP contribution is 2.25. The van der Waals surface area contributed by atoms with E-state index in [1.54, 1.807) is 4.31 Å². The number of nitrogens with one attached hydrogen (secondary N) is 2. The van der Waals surface area contributed by atoms with Crippen LogP contribution in [-0.4, -0.2) is 77.7 Å². The van der Waals surface area contributed by atoms with Crippen LogP contribution in [0.2, 0.25) is 0 Å². The van der Waals surface area contributed by atoms with E-state index in [0.717, 1.165) is 36.5 Å². The number of halogens is 1. The van der Waals surface area contributed by atoms with Crippen LogP contribution in [-0.2, 0) is 10.0 Å². The second-order valence-corrected chi connectivity index (χ2v) is 11.6. The predicted molar refractivity (Wildman–Crippen MR) is 140 cm³/mol. The van der Waals surface area contributed by atoms with Crippen molar-refractivity contribution in [3.05, 3.63) is 34.7 Å². The molecule has 1 aromatic carbocycles. The number of imidazole rings is 1. The van der Waals surface area contributed by atoms with E-state index in [0.29, 0.717) is 43.0 Å². The molecular formula is C24H34ClN5O4S. The van der Waals surface area contributed by atoms with Gasteiger partial charge >= 0.3 is 5.69 Å². The Kier molecular flexibility index (Phi) is 8.36. The van der Waals surface area contributed by atoms with Crippen molar-refractivity contribution in [1.29, 1.82) is 0 Å². The van der Waals surface area contributed by atoms with Gasteiger partial charge in [0.1, 0.15) is 5.75 Å². The SMILES string of the molecule is Cl.O=c1[nH]c2cc3cc(OCCCS(=O)(=O)N4CCN(CC5CCCCC5)CC4)ccc3nc2[nH]1. The molecule has 0 bridgehead atoms. The number of sulfonamides is 1. The molecule has 2 aliphatic rings. The van der Waals surface area contributed by atoms with Crippen molar-refractivity contribution in [2.75, 3.05) is 45.1 Å². The minimum atomic E-state index is -3.27. The van der Waals surface area contributed by atoms with Crippen LogP contribution in [0, 0.1) is 5.92 Å². The van der Waals surface area contributed by atoms with Gasteiger partial charge in [-0.25, -0.2) is 18.2 Å². The first-order chi connectivity index (χ1) is 16.5.